The van der Waals surface area contributed by atoms with Crippen LogP contribution in [0.1, 0.15) is 40.0 Å². The molecular weight excluding hydrogens is 200 g/mol. The lowest BCUT2D eigenvalue weighted by molar-refractivity contribution is 0.0130. The van der Waals surface area contributed by atoms with Gasteiger partial charge in [-0.15, -0.1) is 0 Å². The Morgan fingerprint density at radius 3 is 2.88 bits per heavy atom. The number of ether oxygens (including phenoxy) is 1. The van der Waals surface area contributed by atoms with Gasteiger partial charge in [0.25, 0.3) is 0 Å². The molecule has 0 spiro atoms. The number of likely N-dealkylation sites (N-methyl/N-ethyl adjacent to an activating group) is 1. The summed E-state index contributed by atoms with van der Waals surface area (Å²) in [7, 11) is 2.21. The van der Waals surface area contributed by atoms with Crippen molar-refractivity contribution >= 4 is 0 Å². The van der Waals surface area contributed by atoms with Crippen LogP contribution in [-0.4, -0.2) is 49.8 Å². The minimum Gasteiger partial charge on any atom is -0.378 e. The molecule has 96 valence electrons. The van der Waals surface area contributed by atoms with Crippen molar-refractivity contribution in [1.29, 1.82) is 0 Å². The molecule has 0 aromatic heterocycles. The van der Waals surface area contributed by atoms with Crippen molar-refractivity contribution in [2.75, 3.05) is 26.7 Å². The second-order valence-electron chi connectivity index (χ2n) is 5.09. The first kappa shape index (κ1) is 13.9. The van der Waals surface area contributed by atoms with Crippen molar-refractivity contribution in [2.24, 2.45) is 0 Å². The molecule has 0 aliphatic carbocycles. The molecule has 3 unspecified atom stereocenters. The van der Waals surface area contributed by atoms with Crippen LogP contribution >= 0.6 is 0 Å². The average Bonchev–Trinajstić information content (AvgIpc) is 2.28. The highest BCUT2D eigenvalue weighted by molar-refractivity contribution is 4.75. The zero-order valence-corrected chi connectivity index (χ0v) is 11.3. The van der Waals surface area contributed by atoms with Crippen LogP contribution < -0.4 is 5.32 Å². The number of hydrogen-bond donors (Lipinski definition) is 1. The first-order valence-corrected chi connectivity index (χ1v) is 6.68. The second kappa shape index (κ2) is 7.25. The molecule has 3 heteroatoms. The van der Waals surface area contributed by atoms with Crippen LogP contribution in [0.3, 0.4) is 0 Å². The van der Waals surface area contributed by atoms with Crippen molar-refractivity contribution in [3.8, 4) is 0 Å². The quantitative estimate of drug-likeness (QED) is 0.751. The summed E-state index contributed by atoms with van der Waals surface area (Å²) < 4.78 is 5.54. The molecule has 1 rings (SSSR count). The molecular formula is C13H28N2O. The van der Waals surface area contributed by atoms with E-state index in [1.165, 1.54) is 6.42 Å². The molecule has 1 heterocycles. The molecule has 0 aromatic carbocycles. The largest absolute Gasteiger partial charge is 0.378 e. The Kier molecular flexibility index (Phi) is 6.32. The van der Waals surface area contributed by atoms with E-state index in [0.29, 0.717) is 18.2 Å². The smallest absolute Gasteiger partial charge is 0.0561 e. The molecule has 3 nitrogen and oxygen atoms in total. The van der Waals surface area contributed by atoms with Crippen LogP contribution in [0.2, 0.25) is 0 Å². The first-order valence-electron chi connectivity index (χ1n) is 6.68. The monoisotopic (exact) mass is 228 g/mol. The molecule has 1 fully saturated rings. The van der Waals surface area contributed by atoms with Gasteiger partial charge < -0.3 is 15.0 Å². The van der Waals surface area contributed by atoms with E-state index in [1.54, 1.807) is 0 Å². The standard InChI is InChI=1S/C13H28N2O/c1-5-11(2)15(4)8-7-14-13-6-9-16-12(3)10-13/h11-14H,5-10H2,1-4H3. The maximum atomic E-state index is 5.54. The van der Waals surface area contributed by atoms with Crippen LogP contribution in [0.4, 0.5) is 0 Å². The van der Waals surface area contributed by atoms with Gasteiger partial charge in [-0.05, 0) is 40.2 Å². The number of nitrogens with zero attached hydrogens (tertiary/aromatic N) is 1. The Labute approximate surface area is 101 Å². The van der Waals surface area contributed by atoms with Crippen molar-refractivity contribution in [3.63, 3.8) is 0 Å². The SMILES string of the molecule is CCC(C)N(C)CCNC1CCOC(C)C1. The molecule has 1 saturated heterocycles. The van der Waals surface area contributed by atoms with Gasteiger partial charge in [0.15, 0.2) is 0 Å². The molecule has 0 saturated carbocycles. The third-order valence-corrected chi connectivity index (χ3v) is 3.73. The van der Waals surface area contributed by atoms with E-state index in [4.69, 9.17) is 4.74 Å². The third-order valence-electron chi connectivity index (χ3n) is 3.73. The fraction of sp³-hybridized carbons (Fsp3) is 1.00. The van der Waals surface area contributed by atoms with E-state index >= 15 is 0 Å². The second-order valence-corrected chi connectivity index (χ2v) is 5.09. The molecule has 0 bridgehead atoms. The Hall–Kier alpha value is -0.120. The van der Waals surface area contributed by atoms with Crippen molar-refractivity contribution in [3.05, 3.63) is 0 Å². The maximum absolute atomic E-state index is 5.54. The van der Waals surface area contributed by atoms with Crippen LogP contribution in [0, 0.1) is 0 Å². The lowest BCUT2D eigenvalue weighted by atomic mass is 10.0. The van der Waals surface area contributed by atoms with Gasteiger partial charge in [0.2, 0.25) is 0 Å². The summed E-state index contributed by atoms with van der Waals surface area (Å²) in [5.41, 5.74) is 0. The topological polar surface area (TPSA) is 24.5 Å². The van der Waals surface area contributed by atoms with Crippen LogP contribution in [0.15, 0.2) is 0 Å². The fourth-order valence-corrected chi connectivity index (χ4v) is 2.16. The minimum absolute atomic E-state index is 0.429. The highest BCUT2D eigenvalue weighted by Gasteiger charge is 2.18. The predicted molar refractivity (Wildman–Crippen MR) is 68.8 cm³/mol. The van der Waals surface area contributed by atoms with Gasteiger partial charge >= 0.3 is 0 Å². The molecule has 1 aliphatic rings. The summed E-state index contributed by atoms with van der Waals surface area (Å²) in [5, 5.41) is 3.64. The Balaban J connectivity index is 2.10. The molecule has 0 radical (unpaired) electrons. The predicted octanol–water partition coefficient (Wildman–Crippen LogP) is 1.87. The minimum atomic E-state index is 0.429. The zero-order valence-electron chi connectivity index (χ0n) is 11.3. The highest BCUT2D eigenvalue weighted by Crippen LogP contribution is 2.12. The number of hydrogen-bond acceptors (Lipinski definition) is 3. The van der Waals surface area contributed by atoms with Crippen LogP contribution in [-0.2, 0) is 4.74 Å². The van der Waals surface area contributed by atoms with Crippen molar-refractivity contribution in [2.45, 2.75) is 58.2 Å². The summed E-state index contributed by atoms with van der Waals surface area (Å²) in [6.07, 6.45) is 3.98. The summed E-state index contributed by atoms with van der Waals surface area (Å²) in [4.78, 5) is 2.43. The fourth-order valence-electron chi connectivity index (χ4n) is 2.16. The molecule has 1 aliphatic heterocycles. The van der Waals surface area contributed by atoms with Crippen molar-refractivity contribution < 1.29 is 4.74 Å². The first-order chi connectivity index (χ1) is 7.63. The summed E-state index contributed by atoms with van der Waals surface area (Å²) in [6, 6.07) is 1.35. The summed E-state index contributed by atoms with van der Waals surface area (Å²) >= 11 is 0. The summed E-state index contributed by atoms with van der Waals surface area (Å²) in [5.74, 6) is 0. The molecule has 1 N–H and O–H groups in total. The number of nitrogens with one attached hydrogen (secondary N) is 1. The van der Waals surface area contributed by atoms with Gasteiger partial charge in [0, 0.05) is 31.8 Å². The van der Waals surface area contributed by atoms with E-state index in [9.17, 15) is 0 Å². The van der Waals surface area contributed by atoms with E-state index in [-0.39, 0.29) is 0 Å². The zero-order chi connectivity index (χ0) is 12.0. The van der Waals surface area contributed by atoms with E-state index in [1.807, 2.05) is 0 Å². The molecule has 3 atom stereocenters. The van der Waals surface area contributed by atoms with Gasteiger partial charge in [-0.25, -0.2) is 0 Å². The third kappa shape index (κ3) is 4.81. The summed E-state index contributed by atoms with van der Waals surface area (Å²) in [6.45, 7) is 9.85. The highest BCUT2D eigenvalue weighted by atomic mass is 16.5. The lowest BCUT2D eigenvalue weighted by Gasteiger charge is -2.29. The van der Waals surface area contributed by atoms with E-state index in [0.717, 1.165) is 32.5 Å². The van der Waals surface area contributed by atoms with Crippen LogP contribution in [0.25, 0.3) is 0 Å². The Bertz CT molecular complexity index is 187. The Morgan fingerprint density at radius 2 is 2.25 bits per heavy atom. The van der Waals surface area contributed by atoms with E-state index in [2.05, 4.69) is 38.0 Å². The van der Waals surface area contributed by atoms with Crippen LogP contribution in [0.5, 0.6) is 0 Å². The van der Waals surface area contributed by atoms with Gasteiger partial charge in [-0.2, -0.15) is 0 Å². The van der Waals surface area contributed by atoms with Gasteiger partial charge in [0.05, 0.1) is 6.10 Å². The maximum Gasteiger partial charge on any atom is 0.0561 e. The molecule has 0 amide bonds. The normalized spacial score (nSPS) is 28.3. The van der Waals surface area contributed by atoms with E-state index < -0.39 is 0 Å². The Morgan fingerprint density at radius 1 is 1.50 bits per heavy atom. The van der Waals surface area contributed by atoms with Gasteiger partial charge in [0.1, 0.15) is 0 Å². The van der Waals surface area contributed by atoms with Gasteiger partial charge in [-0.3, -0.25) is 0 Å². The van der Waals surface area contributed by atoms with Gasteiger partial charge in [-0.1, -0.05) is 6.92 Å². The molecule has 0 aromatic rings. The average molecular weight is 228 g/mol. The van der Waals surface area contributed by atoms with Crippen molar-refractivity contribution in [1.82, 2.24) is 10.2 Å². The number of rotatable bonds is 6. The molecule has 16 heavy (non-hydrogen) atoms. The lowest BCUT2D eigenvalue weighted by Crippen LogP contribution is -2.42.